The van der Waals surface area contributed by atoms with Crippen molar-refractivity contribution >= 4 is 10.0 Å². The summed E-state index contributed by atoms with van der Waals surface area (Å²) in [6.45, 7) is 6.28. The molecule has 0 spiro atoms. The molecule has 0 bridgehead atoms. The van der Waals surface area contributed by atoms with Gasteiger partial charge in [0.1, 0.15) is 5.75 Å². The number of hydrogen-bond donors (Lipinski definition) is 1. The molecule has 106 valence electrons. The van der Waals surface area contributed by atoms with Crippen molar-refractivity contribution in [3.05, 3.63) is 24.3 Å². The van der Waals surface area contributed by atoms with E-state index in [0.29, 0.717) is 13.1 Å². The van der Waals surface area contributed by atoms with Crippen molar-refractivity contribution in [2.24, 2.45) is 0 Å². The first-order valence-corrected chi connectivity index (χ1v) is 7.62. The highest BCUT2D eigenvalue weighted by Crippen LogP contribution is 2.26. The van der Waals surface area contributed by atoms with E-state index >= 15 is 0 Å². The fraction of sp³-hybridized carbons (Fsp3) is 0.538. The van der Waals surface area contributed by atoms with Crippen molar-refractivity contribution < 1.29 is 18.3 Å². The van der Waals surface area contributed by atoms with Crippen LogP contribution in [0.25, 0.3) is 0 Å². The average Bonchev–Trinajstić information content (AvgIpc) is 2.26. The van der Waals surface area contributed by atoms with Crippen LogP contribution in [-0.2, 0) is 14.8 Å². The lowest BCUT2D eigenvalue weighted by atomic mass is 10.1. The van der Waals surface area contributed by atoms with Crippen LogP contribution in [-0.4, -0.2) is 42.6 Å². The second-order valence-electron chi connectivity index (χ2n) is 5.48. The maximum atomic E-state index is 12.5. The number of phenolic OH excluding ortho intramolecular Hbond substituents is 1. The van der Waals surface area contributed by atoms with Gasteiger partial charge in [0.15, 0.2) is 0 Å². The number of ether oxygens (including phenoxy) is 1. The van der Waals surface area contributed by atoms with Crippen LogP contribution >= 0.6 is 0 Å². The number of rotatable bonds is 2. The predicted molar refractivity (Wildman–Crippen MR) is 71.5 cm³/mol. The molecule has 19 heavy (non-hydrogen) atoms. The van der Waals surface area contributed by atoms with E-state index in [1.54, 1.807) is 0 Å². The Morgan fingerprint density at radius 3 is 2.42 bits per heavy atom. The molecule has 1 aromatic carbocycles. The molecule has 1 aromatic rings. The lowest BCUT2D eigenvalue weighted by molar-refractivity contribution is -0.109. The number of hydrogen-bond acceptors (Lipinski definition) is 4. The molecule has 1 heterocycles. The maximum absolute atomic E-state index is 12.5. The van der Waals surface area contributed by atoms with Gasteiger partial charge in [-0.3, -0.25) is 0 Å². The Balaban J connectivity index is 2.31. The summed E-state index contributed by atoms with van der Waals surface area (Å²) in [5, 5.41) is 9.23. The first kappa shape index (κ1) is 14.3. The second-order valence-corrected chi connectivity index (χ2v) is 7.42. The number of aromatic hydroxyl groups is 1. The zero-order valence-electron chi connectivity index (χ0n) is 11.3. The molecule has 2 rings (SSSR count). The van der Waals surface area contributed by atoms with Crippen LogP contribution in [0, 0.1) is 0 Å². The number of morpholine rings is 1. The SMILES string of the molecule is CC1CN(S(=O)(=O)c2ccc(O)cc2)CC(C)(C)O1. The fourth-order valence-corrected chi connectivity index (χ4v) is 4.01. The Labute approximate surface area is 113 Å². The van der Waals surface area contributed by atoms with Crippen LogP contribution in [0.1, 0.15) is 20.8 Å². The van der Waals surface area contributed by atoms with E-state index < -0.39 is 15.6 Å². The summed E-state index contributed by atoms with van der Waals surface area (Å²) in [4.78, 5) is 0.190. The van der Waals surface area contributed by atoms with Gasteiger partial charge in [-0.1, -0.05) is 0 Å². The lowest BCUT2D eigenvalue weighted by Crippen LogP contribution is -2.53. The summed E-state index contributed by atoms with van der Waals surface area (Å²) in [5.41, 5.74) is -0.498. The summed E-state index contributed by atoms with van der Waals surface area (Å²) in [5.74, 6) is 0.0506. The Morgan fingerprint density at radius 1 is 1.32 bits per heavy atom. The third-order valence-corrected chi connectivity index (χ3v) is 4.84. The van der Waals surface area contributed by atoms with Crippen molar-refractivity contribution in [1.82, 2.24) is 4.31 Å². The smallest absolute Gasteiger partial charge is 0.243 e. The highest BCUT2D eigenvalue weighted by molar-refractivity contribution is 7.89. The van der Waals surface area contributed by atoms with Gasteiger partial charge in [0.2, 0.25) is 10.0 Å². The van der Waals surface area contributed by atoms with Gasteiger partial charge in [0, 0.05) is 13.1 Å². The minimum atomic E-state index is -3.54. The van der Waals surface area contributed by atoms with Gasteiger partial charge in [0.05, 0.1) is 16.6 Å². The Bertz CT molecular complexity index is 551. The van der Waals surface area contributed by atoms with Crippen molar-refractivity contribution in [3.8, 4) is 5.75 Å². The highest BCUT2D eigenvalue weighted by atomic mass is 32.2. The van der Waals surface area contributed by atoms with E-state index in [0.717, 1.165) is 0 Å². The van der Waals surface area contributed by atoms with E-state index in [1.165, 1.54) is 28.6 Å². The summed E-state index contributed by atoms with van der Waals surface area (Å²) in [6.07, 6.45) is -0.143. The summed E-state index contributed by atoms with van der Waals surface area (Å²) >= 11 is 0. The molecule has 1 N–H and O–H groups in total. The molecule has 0 radical (unpaired) electrons. The molecular weight excluding hydrogens is 266 g/mol. The first-order chi connectivity index (χ1) is 8.71. The third kappa shape index (κ3) is 3.08. The fourth-order valence-electron chi connectivity index (χ4n) is 2.35. The Kier molecular flexibility index (Phi) is 3.59. The van der Waals surface area contributed by atoms with Crippen LogP contribution in [0.15, 0.2) is 29.2 Å². The molecule has 0 aliphatic carbocycles. The molecule has 1 fully saturated rings. The molecule has 0 saturated carbocycles. The van der Waals surface area contributed by atoms with Gasteiger partial charge in [-0.05, 0) is 45.0 Å². The van der Waals surface area contributed by atoms with Gasteiger partial charge < -0.3 is 9.84 Å². The molecule has 0 amide bonds. The molecule has 1 unspecified atom stereocenters. The van der Waals surface area contributed by atoms with Crippen molar-refractivity contribution in [3.63, 3.8) is 0 Å². The third-order valence-electron chi connectivity index (χ3n) is 3.01. The Hall–Kier alpha value is -1.11. The first-order valence-electron chi connectivity index (χ1n) is 6.18. The number of phenols is 1. The van der Waals surface area contributed by atoms with Gasteiger partial charge in [0.25, 0.3) is 0 Å². The minimum Gasteiger partial charge on any atom is -0.508 e. The van der Waals surface area contributed by atoms with E-state index in [2.05, 4.69) is 0 Å². The normalized spacial score (nSPS) is 24.3. The number of benzene rings is 1. The van der Waals surface area contributed by atoms with Gasteiger partial charge in [-0.2, -0.15) is 4.31 Å². The van der Waals surface area contributed by atoms with Crippen LogP contribution < -0.4 is 0 Å². The molecule has 1 aliphatic rings. The Morgan fingerprint density at radius 2 is 1.89 bits per heavy atom. The maximum Gasteiger partial charge on any atom is 0.243 e. The summed E-state index contributed by atoms with van der Waals surface area (Å²) in [7, 11) is -3.54. The predicted octanol–water partition coefficient (Wildman–Crippen LogP) is 1.58. The molecule has 6 heteroatoms. The molecule has 1 saturated heterocycles. The number of sulfonamides is 1. The molecular formula is C13H19NO4S. The van der Waals surface area contributed by atoms with Crippen LogP contribution in [0.4, 0.5) is 0 Å². The molecule has 0 aromatic heterocycles. The van der Waals surface area contributed by atoms with Crippen molar-refractivity contribution in [2.75, 3.05) is 13.1 Å². The summed E-state index contributed by atoms with van der Waals surface area (Å²) < 4.78 is 32.2. The second kappa shape index (κ2) is 4.77. The van der Waals surface area contributed by atoms with E-state index in [1.807, 2.05) is 20.8 Å². The standard InChI is InChI=1S/C13H19NO4S/c1-10-8-14(9-13(2,3)18-10)19(16,17)12-6-4-11(15)5-7-12/h4-7,10,15H,8-9H2,1-3H3. The quantitative estimate of drug-likeness (QED) is 0.896. The van der Waals surface area contributed by atoms with Gasteiger partial charge in [-0.15, -0.1) is 0 Å². The summed E-state index contributed by atoms with van der Waals surface area (Å²) in [6, 6.07) is 5.58. The van der Waals surface area contributed by atoms with E-state index in [4.69, 9.17) is 4.74 Å². The monoisotopic (exact) mass is 285 g/mol. The average molecular weight is 285 g/mol. The van der Waals surface area contributed by atoms with Gasteiger partial charge >= 0.3 is 0 Å². The molecule has 5 nitrogen and oxygen atoms in total. The molecule has 1 atom stereocenters. The number of nitrogens with zero attached hydrogens (tertiary/aromatic N) is 1. The van der Waals surface area contributed by atoms with Crippen molar-refractivity contribution in [1.29, 1.82) is 0 Å². The van der Waals surface area contributed by atoms with E-state index in [9.17, 15) is 13.5 Å². The zero-order chi connectivity index (χ0) is 14.3. The minimum absolute atomic E-state index is 0.0506. The van der Waals surface area contributed by atoms with Crippen LogP contribution in [0.3, 0.4) is 0 Å². The van der Waals surface area contributed by atoms with Crippen LogP contribution in [0.5, 0.6) is 5.75 Å². The van der Waals surface area contributed by atoms with E-state index in [-0.39, 0.29) is 16.7 Å². The highest BCUT2D eigenvalue weighted by Gasteiger charge is 2.37. The van der Waals surface area contributed by atoms with Crippen LogP contribution in [0.2, 0.25) is 0 Å². The lowest BCUT2D eigenvalue weighted by Gasteiger charge is -2.40. The molecule has 1 aliphatic heterocycles. The van der Waals surface area contributed by atoms with Crippen molar-refractivity contribution in [2.45, 2.75) is 37.4 Å². The topological polar surface area (TPSA) is 66.8 Å². The largest absolute Gasteiger partial charge is 0.508 e. The van der Waals surface area contributed by atoms with Gasteiger partial charge in [-0.25, -0.2) is 8.42 Å². The zero-order valence-corrected chi connectivity index (χ0v) is 12.1.